The van der Waals surface area contributed by atoms with Crippen LogP contribution in [0.25, 0.3) is 0 Å². The molecular formula is C18H17FN2O2S. The Bertz CT molecular complexity index is 788. The summed E-state index contributed by atoms with van der Waals surface area (Å²) in [6, 6.07) is 12.0. The Hall–Kier alpha value is -2.05. The van der Waals surface area contributed by atoms with Crippen LogP contribution in [-0.4, -0.2) is 25.3 Å². The average Bonchev–Trinajstić information content (AvgIpc) is 3.18. The van der Waals surface area contributed by atoms with Gasteiger partial charge >= 0.3 is 0 Å². The highest BCUT2D eigenvalue weighted by atomic mass is 32.2. The van der Waals surface area contributed by atoms with Gasteiger partial charge in [0.2, 0.25) is 0 Å². The van der Waals surface area contributed by atoms with Crippen LogP contribution in [0, 0.1) is 5.82 Å². The van der Waals surface area contributed by atoms with Gasteiger partial charge in [-0.3, -0.25) is 10.1 Å². The SMILES string of the molecule is COc1ccc2c(c1)C1(NCCS1)C(=O)N2Cc1ccc(F)cc1. The fourth-order valence-electron chi connectivity index (χ4n) is 3.30. The van der Waals surface area contributed by atoms with Gasteiger partial charge in [0.05, 0.1) is 19.3 Å². The smallest absolute Gasteiger partial charge is 0.262 e. The van der Waals surface area contributed by atoms with E-state index in [1.54, 1.807) is 35.9 Å². The summed E-state index contributed by atoms with van der Waals surface area (Å²) in [5, 5.41) is 3.37. The summed E-state index contributed by atoms with van der Waals surface area (Å²) in [5.74, 6) is 1.37. The normalized spacial score (nSPS) is 22.2. The standard InChI is InChI=1S/C18H17FN2O2S/c1-23-14-6-7-16-15(10-14)18(20-8-9-24-18)17(22)21(16)11-12-2-4-13(19)5-3-12/h2-7,10,20H,8-9,11H2,1H3. The number of carbonyl (C=O) groups excluding carboxylic acids is 1. The second-order valence-electron chi connectivity index (χ2n) is 5.86. The minimum Gasteiger partial charge on any atom is -0.497 e. The molecule has 2 aromatic rings. The van der Waals surface area contributed by atoms with Crippen molar-refractivity contribution in [3.05, 3.63) is 59.4 Å². The van der Waals surface area contributed by atoms with E-state index in [0.717, 1.165) is 34.9 Å². The number of ether oxygens (including phenoxy) is 1. The number of rotatable bonds is 3. The third-order valence-corrected chi connectivity index (χ3v) is 5.85. The molecule has 4 rings (SSSR count). The van der Waals surface area contributed by atoms with Crippen molar-refractivity contribution >= 4 is 23.4 Å². The molecule has 1 spiro atoms. The second kappa shape index (κ2) is 5.79. The van der Waals surface area contributed by atoms with E-state index >= 15 is 0 Å². The van der Waals surface area contributed by atoms with Crippen molar-refractivity contribution in [2.45, 2.75) is 11.4 Å². The van der Waals surface area contributed by atoms with Gasteiger partial charge in [0.25, 0.3) is 5.91 Å². The maximum atomic E-state index is 13.2. The number of carbonyl (C=O) groups is 1. The van der Waals surface area contributed by atoms with Crippen LogP contribution in [0.5, 0.6) is 5.75 Å². The van der Waals surface area contributed by atoms with E-state index in [4.69, 9.17) is 4.74 Å². The summed E-state index contributed by atoms with van der Waals surface area (Å²) in [6.45, 7) is 1.21. The van der Waals surface area contributed by atoms with Crippen LogP contribution in [0.1, 0.15) is 11.1 Å². The van der Waals surface area contributed by atoms with Crippen LogP contribution in [0.15, 0.2) is 42.5 Å². The van der Waals surface area contributed by atoms with Gasteiger partial charge in [0, 0.05) is 17.9 Å². The van der Waals surface area contributed by atoms with E-state index in [9.17, 15) is 9.18 Å². The van der Waals surface area contributed by atoms with Crippen molar-refractivity contribution in [2.75, 3.05) is 24.3 Å². The average molecular weight is 344 g/mol. The molecule has 2 aromatic carbocycles. The molecule has 4 nitrogen and oxygen atoms in total. The fraction of sp³-hybridized carbons (Fsp3) is 0.278. The molecule has 124 valence electrons. The van der Waals surface area contributed by atoms with Crippen molar-refractivity contribution in [3.63, 3.8) is 0 Å². The number of anilines is 1. The molecule has 0 radical (unpaired) electrons. The molecule has 2 aliphatic rings. The van der Waals surface area contributed by atoms with Crippen LogP contribution in [0.3, 0.4) is 0 Å². The first kappa shape index (κ1) is 15.5. The maximum Gasteiger partial charge on any atom is 0.262 e. The minimum absolute atomic E-state index is 0.0255. The highest BCUT2D eigenvalue weighted by Crippen LogP contribution is 2.50. The molecule has 0 bridgehead atoms. The van der Waals surface area contributed by atoms with Crippen molar-refractivity contribution < 1.29 is 13.9 Å². The topological polar surface area (TPSA) is 41.6 Å². The van der Waals surface area contributed by atoms with Crippen LogP contribution in [-0.2, 0) is 16.2 Å². The van der Waals surface area contributed by atoms with E-state index in [1.807, 2.05) is 18.2 Å². The first-order chi connectivity index (χ1) is 11.6. The molecule has 0 aliphatic carbocycles. The van der Waals surface area contributed by atoms with Crippen molar-refractivity contribution in [1.29, 1.82) is 0 Å². The predicted octanol–water partition coefficient (Wildman–Crippen LogP) is 2.87. The van der Waals surface area contributed by atoms with Crippen LogP contribution < -0.4 is 15.0 Å². The Morgan fingerprint density at radius 3 is 2.75 bits per heavy atom. The van der Waals surface area contributed by atoms with E-state index in [0.29, 0.717) is 6.54 Å². The van der Waals surface area contributed by atoms with Gasteiger partial charge in [-0.05, 0) is 35.9 Å². The second-order valence-corrected chi connectivity index (χ2v) is 7.17. The maximum absolute atomic E-state index is 13.2. The first-order valence-electron chi connectivity index (χ1n) is 7.78. The van der Waals surface area contributed by atoms with Gasteiger partial charge in [-0.25, -0.2) is 4.39 Å². The summed E-state index contributed by atoms with van der Waals surface area (Å²) in [7, 11) is 1.62. The molecule has 1 amide bonds. The van der Waals surface area contributed by atoms with Crippen molar-refractivity contribution in [2.24, 2.45) is 0 Å². The zero-order chi connectivity index (χ0) is 16.7. The number of fused-ring (bicyclic) bond motifs is 2. The lowest BCUT2D eigenvalue weighted by Gasteiger charge is -2.23. The summed E-state index contributed by atoms with van der Waals surface area (Å²) in [5.41, 5.74) is 2.72. The number of nitrogens with zero attached hydrogens (tertiary/aromatic N) is 1. The van der Waals surface area contributed by atoms with Crippen molar-refractivity contribution in [1.82, 2.24) is 5.32 Å². The van der Waals surface area contributed by atoms with Crippen LogP contribution >= 0.6 is 11.8 Å². The third-order valence-electron chi connectivity index (χ3n) is 4.47. The lowest BCUT2D eigenvalue weighted by atomic mass is 10.1. The Morgan fingerprint density at radius 2 is 2.08 bits per heavy atom. The quantitative estimate of drug-likeness (QED) is 0.930. The number of amides is 1. The van der Waals surface area contributed by atoms with E-state index < -0.39 is 4.87 Å². The largest absolute Gasteiger partial charge is 0.497 e. The van der Waals surface area contributed by atoms with Gasteiger partial charge in [0.15, 0.2) is 4.87 Å². The number of benzene rings is 2. The number of hydrogen-bond donors (Lipinski definition) is 1. The predicted molar refractivity (Wildman–Crippen MR) is 92.7 cm³/mol. The molecule has 1 saturated heterocycles. The molecule has 1 fully saturated rings. The Balaban J connectivity index is 1.76. The monoisotopic (exact) mass is 344 g/mol. The van der Waals surface area contributed by atoms with Crippen LogP contribution in [0.2, 0.25) is 0 Å². The third kappa shape index (κ3) is 2.29. The number of halogens is 1. The molecule has 1 N–H and O–H groups in total. The zero-order valence-electron chi connectivity index (χ0n) is 13.2. The van der Waals surface area contributed by atoms with Gasteiger partial charge in [-0.15, -0.1) is 11.8 Å². The Labute approximate surface area is 144 Å². The summed E-state index contributed by atoms with van der Waals surface area (Å²) >= 11 is 1.62. The molecule has 0 saturated carbocycles. The lowest BCUT2D eigenvalue weighted by Crippen LogP contribution is -2.44. The fourth-order valence-corrected chi connectivity index (χ4v) is 4.56. The van der Waals surface area contributed by atoms with Gasteiger partial charge in [-0.1, -0.05) is 12.1 Å². The highest BCUT2D eigenvalue weighted by Gasteiger charge is 2.53. The number of nitrogens with one attached hydrogen (secondary N) is 1. The van der Waals surface area contributed by atoms with Crippen LogP contribution in [0.4, 0.5) is 10.1 Å². The minimum atomic E-state index is -0.732. The van der Waals surface area contributed by atoms with E-state index in [1.165, 1.54) is 12.1 Å². The van der Waals surface area contributed by atoms with Gasteiger partial charge in [0.1, 0.15) is 11.6 Å². The Kier molecular flexibility index (Phi) is 3.73. The van der Waals surface area contributed by atoms with E-state index in [-0.39, 0.29) is 11.7 Å². The summed E-state index contributed by atoms with van der Waals surface area (Å²) < 4.78 is 18.5. The summed E-state index contributed by atoms with van der Waals surface area (Å²) in [6.07, 6.45) is 0. The Morgan fingerprint density at radius 1 is 1.29 bits per heavy atom. The molecule has 2 aliphatic heterocycles. The molecule has 6 heteroatoms. The lowest BCUT2D eigenvalue weighted by molar-refractivity contribution is -0.121. The first-order valence-corrected chi connectivity index (χ1v) is 8.76. The summed E-state index contributed by atoms with van der Waals surface area (Å²) in [4.78, 5) is 14.2. The highest BCUT2D eigenvalue weighted by molar-refractivity contribution is 8.01. The van der Waals surface area contributed by atoms with E-state index in [2.05, 4.69) is 5.32 Å². The molecule has 2 heterocycles. The number of hydrogen-bond acceptors (Lipinski definition) is 4. The number of methoxy groups -OCH3 is 1. The van der Waals surface area contributed by atoms with Crippen molar-refractivity contribution in [3.8, 4) is 5.75 Å². The van der Waals surface area contributed by atoms with Gasteiger partial charge < -0.3 is 9.64 Å². The molecular weight excluding hydrogens is 327 g/mol. The number of thioether (sulfide) groups is 1. The van der Waals surface area contributed by atoms with Gasteiger partial charge in [-0.2, -0.15) is 0 Å². The molecule has 1 atom stereocenters. The zero-order valence-corrected chi connectivity index (χ0v) is 14.0. The molecule has 24 heavy (non-hydrogen) atoms. The molecule has 1 unspecified atom stereocenters. The molecule has 0 aromatic heterocycles.